The summed E-state index contributed by atoms with van der Waals surface area (Å²) in [6.07, 6.45) is -5.68. The molecule has 0 atom stereocenters. The van der Waals surface area contributed by atoms with Crippen LogP contribution in [0.25, 0.3) is 0 Å². The standard InChI is InChI=1S/C9H7ClF3NO/c10-7-3-1-2-5(8(14)15)6(7)4-9(11,12)13/h1-3H,4H2,(H2,14,15). The molecule has 82 valence electrons. The quantitative estimate of drug-likeness (QED) is 0.844. The molecule has 2 nitrogen and oxygen atoms in total. The van der Waals surface area contributed by atoms with Gasteiger partial charge in [-0.25, -0.2) is 0 Å². The van der Waals surface area contributed by atoms with Gasteiger partial charge < -0.3 is 5.73 Å². The van der Waals surface area contributed by atoms with Gasteiger partial charge in [0.05, 0.1) is 6.42 Å². The van der Waals surface area contributed by atoms with Crippen LogP contribution in [0.2, 0.25) is 5.02 Å². The van der Waals surface area contributed by atoms with E-state index in [0.29, 0.717) is 0 Å². The molecule has 0 aliphatic rings. The lowest BCUT2D eigenvalue weighted by atomic mass is 10.0. The maximum atomic E-state index is 12.2. The fraction of sp³-hybridized carbons (Fsp3) is 0.222. The predicted molar refractivity (Wildman–Crippen MR) is 49.7 cm³/mol. The van der Waals surface area contributed by atoms with Crippen molar-refractivity contribution in [3.63, 3.8) is 0 Å². The number of nitrogens with two attached hydrogens (primary N) is 1. The van der Waals surface area contributed by atoms with Crippen LogP contribution in [-0.4, -0.2) is 12.1 Å². The van der Waals surface area contributed by atoms with Gasteiger partial charge in [0.2, 0.25) is 5.91 Å². The van der Waals surface area contributed by atoms with Gasteiger partial charge in [0, 0.05) is 10.6 Å². The number of primary amides is 1. The number of rotatable bonds is 2. The van der Waals surface area contributed by atoms with E-state index < -0.39 is 18.5 Å². The second-order valence-electron chi connectivity index (χ2n) is 2.92. The van der Waals surface area contributed by atoms with Crippen molar-refractivity contribution in [3.05, 3.63) is 34.3 Å². The molecule has 1 rings (SSSR count). The lowest BCUT2D eigenvalue weighted by molar-refractivity contribution is -0.127. The zero-order valence-electron chi connectivity index (χ0n) is 7.44. The van der Waals surface area contributed by atoms with Crippen molar-refractivity contribution in [2.45, 2.75) is 12.6 Å². The fourth-order valence-corrected chi connectivity index (χ4v) is 1.41. The molecule has 0 saturated carbocycles. The van der Waals surface area contributed by atoms with E-state index in [9.17, 15) is 18.0 Å². The number of benzene rings is 1. The summed E-state index contributed by atoms with van der Waals surface area (Å²) in [7, 11) is 0. The van der Waals surface area contributed by atoms with Crippen LogP contribution in [-0.2, 0) is 6.42 Å². The average molecular weight is 238 g/mol. The molecule has 1 amide bonds. The molecule has 0 heterocycles. The van der Waals surface area contributed by atoms with Crippen LogP contribution in [0.3, 0.4) is 0 Å². The van der Waals surface area contributed by atoms with Crippen LogP contribution >= 0.6 is 11.6 Å². The van der Waals surface area contributed by atoms with E-state index in [-0.39, 0.29) is 16.1 Å². The highest BCUT2D eigenvalue weighted by Crippen LogP contribution is 2.28. The fourth-order valence-electron chi connectivity index (χ4n) is 1.17. The Labute approximate surface area is 88.8 Å². The Morgan fingerprint density at radius 2 is 2.00 bits per heavy atom. The summed E-state index contributed by atoms with van der Waals surface area (Å²) in [5.41, 5.74) is 4.46. The molecule has 0 radical (unpaired) electrons. The molecule has 2 N–H and O–H groups in total. The summed E-state index contributed by atoms with van der Waals surface area (Å²) in [6.45, 7) is 0. The normalized spacial score (nSPS) is 11.5. The second kappa shape index (κ2) is 4.10. The smallest absolute Gasteiger partial charge is 0.366 e. The number of hydrogen-bond acceptors (Lipinski definition) is 1. The Kier molecular flexibility index (Phi) is 3.24. The first-order valence-electron chi connectivity index (χ1n) is 3.95. The van der Waals surface area contributed by atoms with Crippen LogP contribution in [0.1, 0.15) is 15.9 Å². The maximum absolute atomic E-state index is 12.2. The van der Waals surface area contributed by atoms with E-state index in [0.717, 1.165) is 0 Å². The first kappa shape index (κ1) is 11.8. The summed E-state index contributed by atoms with van der Waals surface area (Å²) in [5.74, 6) is -0.920. The van der Waals surface area contributed by atoms with Gasteiger partial charge in [0.25, 0.3) is 0 Å². The third-order valence-corrected chi connectivity index (χ3v) is 2.12. The van der Waals surface area contributed by atoms with Crippen molar-refractivity contribution in [2.75, 3.05) is 0 Å². The molecule has 0 fully saturated rings. The van der Waals surface area contributed by atoms with Crippen molar-refractivity contribution >= 4 is 17.5 Å². The number of halogens is 4. The Hall–Kier alpha value is -1.23. The van der Waals surface area contributed by atoms with E-state index in [2.05, 4.69) is 0 Å². The molecule has 0 aliphatic heterocycles. The van der Waals surface area contributed by atoms with Crippen LogP contribution in [0.4, 0.5) is 13.2 Å². The van der Waals surface area contributed by atoms with Crippen molar-refractivity contribution in [1.29, 1.82) is 0 Å². The summed E-state index contributed by atoms with van der Waals surface area (Å²) in [6, 6.07) is 3.88. The minimum absolute atomic E-state index is 0.108. The number of carbonyl (C=O) groups excluding carboxylic acids is 1. The van der Waals surface area contributed by atoms with E-state index >= 15 is 0 Å². The molecular weight excluding hydrogens is 231 g/mol. The minimum atomic E-state index is -4.42. The molecular formula is C9H7ClF3NO. The van der Waals surface area contributed by atoms with Crippen molar-refractivity contribution < 1.29 is 18.0 Å². The van der Waals surface area contributed by atoms with Gasteiger partial charge in [-0.3, -0.25) is 4.79 Å². The topological polar surface area (TPSA) is 43.1 Å². The third-order valence-electron chi connectivity index (χ3n) is 1.76. The highest BCUT2D eigenvalue weighted by molar-refractivity contribution is 6.31. The zero-order chi connectivity index (χ0) is 11.6. The monoisotopic (exact) mass is 237 g/mol. The lowest BCUT2D eigenvalue weighted by Crippen LogP contribution is -2.19. The average Bonchev–Trinajstić information content (AvgIpc) is 2.05. The van der Waals surface area contributed by atoms with E-state index in [1.165, 1.54) is 18.2 Å². The molecule has 6 heteroatoms. The number of hydrogen-bond donors (Lipinski definition) is 1. The van der Waals surface area contributed by atoms with Crippen molar-refractivity contribution in [3.8, 4) is 0 Å². The minimum Gasteiger partial charge on any atom is -0.366 e. The summed E-state index contributed by atoms with van der Waals surface area (Å²) in [5, 5.41) is -0.108. The number of carbonyl (C=O) groups is 1. The summed E-state index contributed by atoms with van der Waals surface area (Å²) >= 11 is 5.57. The molecule has 0 bridgehead atoms. The van der Waals surface area contributed by atoms with Gasteiger partial charge in [0.15, 0.2) is 0 Å². The van der Waals surface area contributed by atoms with Gasteiger partial charge in [-0.2, -0.15) is 13.2 Å². The third kappa shape index (κ3) is 3.13. The van der Waals surface area contributed by atoms with Crippen LogP contribution in [0.5, 0.6) is 0 Å². The van der Waals surface area contributed by atoms with Gasteiger partial charge in [0.1, 0.15) is 0 Å². The van der Waals surface area contributed by atoms with Crippen LogP contribution < -0.4 is 5.73 Å². The molecule has 15 heavy (non-hydrogen) atoms. The van der Waals surface area contributed by atoms with Gasteiger partial charge in [-0.1, -0.05) is 17.7 Å². The molecule has 0 aromatic heterocycles. The lowest BCUT2D eigenvalue weighted by Gasteiger charge is -2.11. The van der Waals surface area contributed by atoms with E-state index in [1.807, 2.05) is 0 Å². The van der Waals surface area contributed by atoms with Crippen molar-refractivity contribution in [1.82, 2.24) is 0 Å². The van der Waals surface area contributed by atoms with Crippen LogP contribution in [0.15, 0.2) is 18.2 Å². The highest BCUT2D eigenvalue weighted by Gasteiger charge is 2.30. The van der Waals surface area contributed by atoms with Crippen LogP contribution in [0, 0.1) is 0 Å². The van der Waals surface area contributed by atoms with Crippen molar-refractivity contribution in [2.24, 2.45) is 5.73 Å². The number of amides is 1. The van der Waals surface area contributed by atoms with Gasteiger partial charge >= 0.3 is 6.18 Å². The second-order valence-corrected chi connectivity index (χ2v) is 3.33. The molecule has 1 aromatic carbocycles. The Morgan fingerprint density at radius 1 is 1.40 bits per heavy atom. The highest BCUT2D eigenvalue weighted by atomic mass is 35.5. The molecule has 0 unspecified atom stereocenters. The largest absolute Gasteiger partial charge is 0.393 e. The van der Waals surface area contributed by atoms with Gasteiger partial charge in [-0.05, 0) is 17.7 Å². The summed E-state index contributed by atoms with van der Waals surface area (Å²) < 4.78 is 36.5. The SMILES string of the molecule is NC(=O)c1cccc(Cl)c1CC(F)(F)F. The Balaban J connectivity index is 3.19. The van der Waals surface area contributed by atoms with E-state index in [4.69, 9.17) is 17.3 Å². The van der Waals surface area contributed by atoms with Gasteiger partial charge in [-0.15, -0.1) is 0 Å². The molecule has 0 aliphatic carbocycles. The summed E-state index contributed by atoms with van der Waals surface area (Å²) in [4.78, 5) is 10.9. The van der Waals surface area contributed by atoms with E-state index in [1.54, 1.807) is 0 Å². The number of alkyl halides is 3. The Bertz CT molecular complexity index is 389. The molecule has 0 saturated heterocycles. The Morgan fingerprint density at radius 3 is 2.47 bits per heavy atom. The molecule has 0 spiro atoms. The maximum Gasteiger partial charge on any atom is 0.393 e. The first-order valence-corrected chi connectivity index (χ1v) is 4.33. The predicted octanol–water partition coefficient (Wildman–Crippen LogP) is 2.54. The molecule has 1 aromatic rings. The zero-order valence-corrected chi connectivity index (χ0v) is 8.19. The first-order chi connectivity index (χ1) is 6.81.